The van der Waals surface area contributed by atoms with Gasteiger partial charge in [-0.05, 0) is 28.8 Å². The van der Waals surface area contributed by atoms with Crippen molar-refractivity contribution in [2.24, 2.45) is 0 Å². The van der Waals surface area contributed by atoms with Gasteiger partial charge in [0.05, 0.1) is 10.5 Å². The predicted molar refractivity (Wildman–Crippen MR) is 95.6 cm³/mol. The van der Waals surface area contributed by atoms with Gasteiger partial charge in [0.25, 0.3) is 5.09 Å². The van der Waals surface area contributed by atoms with E-state index in [9.17, 15) is 23.3 Å². The zero-order chi connectivity index (χ0) is 19.6. The molecule has 0 saturated carbocycles. The molecule has 2 aromatic carbocycles. The number of ether oxygens (including phenoxy) is 1. The summed E-state index contributed by atoms with van der Waals surface area (Å²) in [4.78, 5) is 27.0. The lowest BCUT2D eigenvalue weighted by Crippen LogP contribution is -2.01. The highest BCUT2D eigenvalue weighted by atomic mass is 32.2. The Bertz CT molecular complexity index is 1020. The molecular formula is C18H15NO7S. The Labute approximate surface area is 155 Å². The first-order valence-electron chi connectivity index (χ1n) is 7.83. The largest absolute Gasteiger partial charge is 0.457 e. The van der Waals surface area contributed by atoms with Crippen molar-refractivity contribution in [3.8, 4) is 0 Å². The topological polar surface area (TPSA) is 113 Å². The second-order valence-corrected chi connectivity index (χ2v) is 7.94. The van der Waals surface area contributed by atoms with Crippen LogP contribution in [-0.2, 0) is 30.8 Å². The standard InChI is InChI=1S/C18H15NO7S/c1-27(23,24)15-8-6-13(7-9-15)16-11-25-18(20)17(16)14-4-2-12(3-5-14)10-26-19(21)22/h2-9H,10-11H2,1H3. The van der Waals surface area contributed by atoms with Crippen LogP contribution >= 0.6 is 0 Å². The van der Waals surface area contributed by atoms with Crippen molar-refractivity contribution in [3.63, 3.8) is 0 Å². The van der Waals surface area contributed by atoms with Crippen LogP contribution in [0.4, 0.5) is 0 Å². The zero-order valence-electron chi connectivity index (χ0n) is 14.2. The lowest BCUT2D eigenvalue weighted by molar-refractivity contribution is -0.763. The summed E-state index contributed by atoms with van der Waals surface area (Å²) in [6.07, 6.45) is 1.12. The van der Waals surface area contributed by atoms with E-state index in [0.717, 1.165) is 6.26 Å². The molecule has 0 aromatic heterocycles. The van der Waals surface area contributed by atoms with E-state index in [1.165, 1.54) is 12.1 Å². The van der Waals surface area contributed by atoms with Gasteiger partial charge in [-0.15, -0.1) is 10.1 Å². The first kappa shape index (κ1) is 18.6. The smallest absolute Gasteiger partial charge is 0.339 e. The number of nitrogens with zero attached hydrogens (tertiary/aromatic N) is 1. The number of carbonyl (C=O) groups excluding carboxylic acids is 1. The minimum Gasteiger partial charge on any atom is -0.457 e. The Kier molecular flexibility index (Phi) is 4.95. The fourth-order valence-electron chi connectivity index (χ4n) is 2.72. The van der Waals surface area contributed by atoms with E-state index >= 15 is 0 Å². The summed E-state index contributed by atoms with van der Waals surface area (Å²) in [6.45, 7) is -0.102. The number of rotatable bonds is 6. The van der Waals surface area contributed by atoms with Crippen molar-refractivity contribution in [2.75, 3.05) is 12.9 Å². The van der Waals surface area contributed by atoms with Gasteiger partial charge in [-0.2, -0.15) is 0 Å². The van der Waals surface area contributed by atoms with E-state index < -0.39 is 20.9 Å². The molecule has 1 aliphatic rings. The van der Waals surface area contributed by atoms with Gasteiger partial charge < -0.3 is 9.57 Å². The van der Waals surface area contributed by atoms with Crippen LogP contribution in [0.1, 0.15) is 16.7 Å². The molecule has 3 rings (SSSR count). The highest BCUT2D eigenvalue weighted by molar-refractivity contribution is 7.90. The highest BCUT2D eigenvalue weighted by Crippen LogP contribution is 2.33. The Morgan fingerprint density at radius 3 is 2.22 bits per heavy atom. The Balaban J connectivity index is 1.94. The molecule has 0 bridgehead atoms. The van der Waals surface area contributed by atoms with E-state index in [-0.39, 0.29) is 18.1 Å². The molecule has 0 saturated heterocycles. The zero-order valence-corrected chi connectivity index (χ0v) is 15.1. The maximum absolute atomic E-state index is 12.2. The lowest BCUT2D eigenvalue weighted by atomic mass is 9.96. The average Bonchev–Trinajstić information content (AvgIpc) is 3.01. The molecule has 0 spiro atoms. The summed E-state index contributed by atoms with van der Waals surface area (Å²) in [5.74, 6) is -0.480. The van der Waals surface area contributed by atoms with Crippen molar-refractivity contribution in [1.29, 1.82) is 0 Å². The Morgan fingerprint density at radius 2 is 1.67 bits per heavy atom. The van der Waals surface area contributed by atoms with Crippen LogP contribution in [0.2, 0.25) is 0 Å². The van der Waals surface area contributed by atoms with Gasteiger partial charge >= 0.3 is 5.97 Å². The second-order valence-electron chi connectivity index (χ2n) is 5.92. The number of carbonyl (C=O) groups is 1. The summed E-state index contributed by atoms with van der Waals surface area (Å²) in [5.41, 5.74) is 2.90. The van der Waals surface area contributed by atoms with E-state index in [0.29, 0.717) is 27.8 Å². The molecule has 27 heavy (non-hydrogen) atoms. The summed E-state index contributed by atoms with van der Waals surface area (Å²) in [7, 11) is -3.31. The minimum atomic E-state index is -3.31. The molecule has 0 N–H and O–H groups in total. The normalized spacial score (nSPS) is 14.2. The molecule has 1 aliphatic heterocycles. The summed E-state index contributed by atoms with van der Waals surface area (Å²) >= 11 is 0. The van der Waals surface area contributed by atoms with E-state index in [2.05, 4.69) is 4.84 Å². The first-order valence-corrected chi connectivity index (χ1v) is 9.72. The quantitative estimate of drug-likeness (QED) is 0.423. The van der Waals surface area contributed by atoms with E-state index in [4.69, 9.17) is 4.74 Å². The van der Waals surface area contributed by atoms with Gasteiger partial charge in [-0.3, -0.25) is 0 Å². The van der Waals surface area contributed by atoms with Crippen LogP contribution in [0.3, 0.4) is 0 Å². The van der Waals surface area contributed by atoms with Gasteiger partial charge in [0.2, 0.25) is 0 Å². The minimum absolute atomic E-state index is 0.0819. The summed E-state index contributed by atoms with van der Waals surface area (Å²) in [6, 6.07) is 12.8. The summed E-state index contributed by atoms with van der Waals surface area (Å²) < 4.78 is 28.3. The molecule has 9 heteroatoms. The number of cyclic esters (lactones) is 1. The first-order chi connectivity index (χ1) is 12.8. The molecule has 8 nitrogen and oxygen atoms in total. The Morgan fingerprint density at radius 1 is 1.07 bits per heavy atom. The van der Waals surface area contributed by atoms with Crippen LogP contribution in [0, 0.1) is 10.1 Å². The van der Waals surface area contributed by atoms with Crippen molar-refractivity contribution >= 4 is 27.0 Å². The molecular weight excluding hydrogens is 374 g/mol. The van der Waals surface area contributed by atoms with Gasteiger partial charge in [0, 0.05) is 11.8 Å². The average molecular weight is 389 g/mol. The van der Waals surface area contributed by atoms with Crippen LogP contribution in [0.15, 0.2) is 53.4 Å². The molecule has 2 aromatic rings. The van der Waals surface area contributed by atoms with Crippen LogP contribution in [0.5, 0.6) is 0 Å². The number of hydrogen-bond acceptors (Lipinski definition) is 7. The van der Waals surface area contributed by atoms with Crippen LogP contribution in [0.25, 0.3) is 11.1 Å². The molecule has 0 radical (unpaired) electrons. The molecule has 0 atom stereocenters. The Hall–Kier alpha value is -3.20. The number of esters is 1. The van der Waals surface area contributed by atoms with Gasteiger partial charge in [-0.1, -0.05) is 36.4 Å². The van der Waals surface area contributed by atoms with Crippen molar-refractivity contribution < 1.29 is 27.9 Å². The third-order valence-corrected chi connectivity index (χ3v) is 5.19. The monoisotopic (exact) mass is 389 g/mol. The maximum Gasteiger partial charge on any atom is 0.339 e. The van der Waals surface area contributed by atoms with Crippen molar-refractivity contribution in [2.45, 2.75) is 11.5 Å². The SMILES string of the molecule is CS(=O)(=O)c1ccc(C2=C(c3ccc(CO[N+](=O)[O-])cc3)C(=O)OC2)cc1. The third kappa shape index (κ3) is 4.14. The van der Waals surface area contributed by atoms with E-state index in [1.807, 2.05) is 0 Å². The fourth-order valence-corrected chi connectivity index (χ4v) is 3.35. The molecule has 0 amide bonds. The predicted octanol–water partition coefficient (Wildman–Crippen LogP) is 2.27. The number of sulfone groups is 1. The molecule has 0 unspecified atom stereocenters. The van der Waals surface area contributed by atoms with Gasteiger partial charge in [0.1, 0.15) is 13.2 Å². The molecule has 140 valence electrons. The van der Waals surface area contributed by atoms with Crippen molar-refractivity contribution in [1.82, 2.24) is 0 Å². The summed E-state index contributed by atoms with van der Waals surface area (Å²) in [5, 5.41) is 9.38. The highest BCUT2D eigenvalue weighted by Gasteiger charge is 2.27. The number of benzene rings is 2. The lowest BCUT2D eigenvalue weighted by Gasteiger charge is -2.07. The fraction of sp³-hybridized carbons (Fsp3) is 0.167. The maximum atomic E-state index is 12.2. The molecule has 0 fully saturated rings. The van der Waals surface area contributed by atoms with Crippen LogP contribution < -0.4 is 0 Å². The molecule has 0 aliphatic carbocycles. The van der Waals surface area contributed by atoms with E-state index in [1.54, 1.807) is 36.4 Å². The third-order valence-electron chi connectivity index (χ3n) is 4.06. The van der Waals surface area contributed by atoms with Crippen molar-refractivity contribution in [3.05, 3.63) is 75.3 Å². The van der Waals surface area contributed by atoms with Gasteiger partial charge in [0.15, 0.2) is 9.84 Å². The molecule has 1 heterocycles. The second kappa shape index (κ2) is 7.20. The van der Waals surface area contributed by atoms with Gasteiger partial charge in [-0.25, -0.2) is 13.2 Å². The number of hydrogen-bond donors (Lipinski definition) is 0. The van der Waals surface area contributed by atoms with Crippen LogP contribution in [-0.4, -0.2) is 32.3 Å².